The molecule has 1 N–H and O–H groups in total. The molecule has 8 nitrogen and oxygen atoms in total. The summed E-state index contributed by atoms with van der Waals surface area (Å²) in [5.74, 6) is 0. The average Bonchev–Trinajstić information content (AvgIpc) is 2.91. The number of rotatable bonds is 7. The normalized spacial score (nSPS) is 10.8. The summed E-state index contributed by atoms with van der Waals surface area (Å²) in [4.78, 5) is 10.7. The molecule has 112 valence electrons. The number of hydrogen-bond acceptors (Lipinski definition) is 6. The first-order valence-corrected chi connectivity index (χ1v) is 6.48. The van der Waals surface area contributed by atoms with Crippen molar-refractivity contribution in [2.45, 2.75) is 13.5 Å². The van der Waals surface area contributed by atoms with Gasteiger partial charge in [-0.15, -0.1) is 5.10 Å². The SMILES string of the molecule is COCCNCc1cn(-c2c(C)cccc2[N+](=O)[O-])nn1. The molecule has 1 aromatic carbocycles. The van der Waals surface area contributed by atoms with Crippen LogP contribution in [0.1, 0.15) is 11.3 Å². The van der Waals surface area contributed by atoms with Gasteiger partial charge in [-0.2, -0.15) is 0 Å². The van der Waals surface area contributed by atoms with Gasteiger partial charge in [-0.1, -0.05) is 17.3 Å². The first-order valence-electron chi connectivity index (χ1n) is 6.48. The Morgan fingerprint density at radius 2 is 2.29 bits per heavy atom. The lowest BCUT2D eigenvalue weighted by molar-refractivity contribution is -0.384. The lowest BCUT2D eigenvalue weighted by Gasteiger charge is -2.05. The van der Waals surface area contributed by atoms with Crippen molar-refractivity contribution in [3.63, 3.8) is 0 Å². The summed E-state index contributed by atoms with van der Waals surface area (Å²) in [6.45, 7) is 3.65. The van der Waals surface area contributed by atoms with E-state index in [4.69, 9.17) is 4.74 Å². The Hall–Kier alpha value is -2.32. The van der Waals surface area contributed by atoms with Crippen molar-refractivity contribution in [1.82, 2.24) is 20.3 Å². The second kappa shape index (κ2) is 6.91. The van der Waals surface area contributed by atoms with Gasteiger partial charge in [0.05, 0.1) is 23.4 Å². The summed E-state index contributed by atoms with van der Waals surface area (Å²) in [7, 11) is 1.63. The van der Waals surface area contributed by atoms with Gasteiger partial charge in [0.15, 0.2) is 0 Å². The van der Waals surface area contributed by atoms with Gasteiger partial charge in [-0.05, 0) is 12.5 Å². The standard InChI is InChI=1S/C13H17N5O3/c1-10-4-3-5-12(18(19)20)13(10)17-9-11(15-16-17)8-14-6-7-21-2/h3-5,9,14H,6-8H2,1-2H3. The highest BCUT2D eigenvalue weighted by Gasteiger charge is 2.18. The van der Waals surface area contributed by atoms with E-state index in [1.807, 2.05) is 0 Å². The third-order valence-electron chi connectivity index (χ3n) is 2.97. The minimum absolute atomic E-state index is 0.0128. The Kier molecular flexibility index (Phi) is 4.96. The van der Waals surface area contributed by atoms with Crippen molar-refractivity contribution in [3.8, 4) is 5.69 Å². The highest BCUT2D eigenvalue weighted by molar-refractivity contribution is 5.56. The van der Waals surface area contributed by atoms with E-state index >= 15 is 0 Å². The van der Waals surface area contributed by atoms with Crippen LogP contribution in [0.5, 0.6) is 0 Å². The Balaban J connectivity index is 2.20. The van der Waals surface area contributed by atoms with Gasteiger partial charge >= 0.3 is 0 Å². The largest absolute Gasteiger partial charge is 0.383 e. The molecule has 2 rings (SSSR count). The molecule has 0 saturated heterocycles. The van der Waals surface area contributed by atoms with Crippen LogP contribution in [0.3, 0.4) is 0 Å². The van der Waals surface area contributed by atoms with Crippen LogP contribution in [0.15, 0.2) is 24.4 Å². The topological polar surface area (TPSA) is 95.1 Å². The Morgan fingerprint density at radius 3 is 3.00 bits per heavy atom. The zero-order chi connectivity index (χ0) is 15.2. The molecule has 0 aliphatic carbocycles. The minimum atomic E-state index is -0.416. The fourth-order valence-corrected chi connectivity index (χ4v) is 1.97. The van der Waals surface area contributed by atoms with Crippen LogP contribution in [-0.2, 0) is 11.3 Å². The number of para-hydroxylation sites is 1. The van der Waals surface area contributed by atoms with Crippen LogP contribution >= 0.6 is 0 Å². The molecule has 0 amide bonds. The van der Waals surface area contributed by atoms with Crippen molar-refractivity contribution in [2.24, 2.45) is 0 Å². The fourth-order valence-electron chi connectivity index (χ4n) is 1.97. The van der Waals surface area contributed by atoms with E-state index in [1.54, 1.807) is 32.4 Å². The van der Waals surface area contributed by atoms with E-state index in [2.05, 4.69) is 15.6 Å². The summed E-state index contributed by atoms with van der Waals surface area (Å²) in [6.07, 6.45) is 1.69. The number of methoxy groups -OCH3 is 1. The summed E-state index contributed by atoms with van der Waals surface area (Å²) < 4.78 is 6.38. The number of nitro groups is 1. The molecule has 1 aromatic heterocycles. The molecular weight excluding hydrogens is 274 g/mol. The lowest BCUT2D eigenvalue weighted by Crippen LogP contribution is -2.18. The molecule has 0 unspecified atom stereocenters. The van der Waals surface area contributed by atoms with Crippen molar-refractivity contribution in [2.75, 3.05) is 20.3 Å². The average molecular weight is 291 g/mol. The number of aryl methyl sites for hydroxylation is 1. The summed E-state index contributed by atoms with van der Waals surface area (Å²) in [5, 5.41) is 22.3. The second-order valence-electron chi connectivity index (χ2n) is 4.52. The van der Waals surface area contributed by atoms with Gasteiger partial charge in [0, 0.05) is 26.3 Å². The molecule has 0 aliphatic heterocycles. The molecule has 0 radical (unpaired) electrons. The lowest BCUT2D eigenvalue weighted by atomic mass is 10.1. The predicted molar refractivity (Wildman–Crippen MR) is 76.3 cm³/mol. The van der Waals surface area contributed by atoms with Crippen molar-refractivity contribution in [1.29, 1.82) is 0 Å². The molecule has 0 fully saturated rings. The van der Waals surface area contributed by atoms with Crippen LogP contribution in [0.2, 0.25) is 0 Å². The van der Waals surface area contributed by atoms with E-state index in [0.29, 0.717) is 31.1 Å². The number of ether oxygens (including phenoxy) is 1. The zero-order valence-corrected chi connectivity index (χ0v) is 11.9. The molecule has 0 spiro atoms. The van der Waals surface area contributed by atoms with Gasteiger partial charge in [0.25, 0.3) is 5.69 Å². The van der Waals surface area contributed by atoms with E-state index in [0.717, 1.165) is 5.56 Å². The Bertz CT molecular complexity index is 626. The van der Waals surface area contributed by atoms with Crippen LogP contribution in [0, 0.1) is 17.0 Å². The maximum atomic E-state index is 11.1. The van der Waals surface area contributed by atoms with Gasteiger partial charge in [0.1, 0.15) is 5.69 Å². The number of benzene rings is 1. The molecule has 0 aliphatic rings. The van der Waals surface area contributed by atoms with Crippen LogP contribution < -0.4 is 5.32 Å². The molecule has 2 aromatic rings. The molecule has 21 heavy (non-hydrogen) atoms. The van der Waals surface area contributed by atoms with Crippen molar-refractivity contribution < 1.29 is 9.66 Å². The highest BCUT2D eigenvalue weighted by atomic mass is 16.6. The highest BCUT2D eigenvalue weighted by Crippen LogP contribution is 2.25. The second-order valence-corrected chi connectivity index (χ2v) is 4.52. The first-order chi connectivity index (χ1) is 10.1. The van der Waals surface area contributed by atoms with E-state index in [-0.39, 0.29) is 5.69 Å². The van der Waals surface area contributed by atoms with E-state index in [9.17, 15) is 10.1 Å². The quantitative estimate of drug-likeness (QED) is 0.468. The molecule has 0 saturated carbocycles. The van der Waals surface area contributed by atoms with Crippen molar-refractivity contribution >= 4 is 5.69 Å². The summed E-state index contributed by atoms with van der Waals surface area (Å²) in [6, 6.07) is 4.92. The first kappa shape index (κ1) is 15.1. The number of hydrogen-bond donors (Lipinski definition) is 1. The maximum Gasteiger partial charge on any atom is 0.295 e. The van der Waals surface area contributed by atoms with Gasteiger partial charge < -0.3 is 10.1 Å². The molecular formula is C13H17N5O3. The number of nitro benzene ring substituents is 1. The fraction of sp³-hybridized carbons (Fsp3) is 0.385. The number of nitrogens with one attached hydrogen (secondary N) is 1. The minimum Gasteiger partial charge on any atom is -0.383 e. The van der Waals surface area contributed by atoms with Gasteiger partial charge in [-0.25, -0.2) is 4.68 Å². The molecule has 0 atom stereocenters. The smallest absolute Gasteiger partial charge is 0.295 e. The molecule has 0 bridgehead atoms. The monoisotopic (exact) mass is 291 g/mol. The van der Waals surface area contributed by atoms with E-state index < -0.39 is 4.92 Å². The van der Waals surface area contributed by atoms with Crippen LogP contribution in [0.25, 0.3) is 5.69 Å². The maximum absolute atomic E-state index is 11.1. The Labute approximate surface area is 121 Å². The zero-order valence-electron chi connectivity index (χ0n) is 11.9. The summed E-state index contributed by atoms with van der Waals surface area (Å²) in [5.41, 5.74) is 1.94. The third-order valence-corrected chi connectivity index (χ3v) is 2.97. The third kappa shape index (κ3) is 3.61. The van der Waals surface area contributed by atoms with Gasteiger partial charge in [0.2, 0.25) is 0 Å². The van der Waals surface area contributed by atoms with Crippen LogP contribution in [-0.4, -0.2) is 40.2 Å². The van der Waals surface area contributed by atoms with Gasteiger partial charge in [-0.3, -0.25) is 10.1 Å². The number of nitrogens with zero attached hydrogens (tertiary/aromatic N) is 4. The Morgan fingerprint density at radius 1 is 1.48 bits per heavy atom. The molecule has 8 heteroatoms. The van der Waals surface area contributed by atoms with E-state index in [1.165, 1.54) is 10.7 Å². The van der Waals surface area contributed by atoms with Crippen LogP contribution in [0.4, 0.5) is 5.69 Å². The predicted octanol–water partition coefficient (Wildman–Crippen LogP) is 1.22. The number of aromatic nitrogens is 3. The van der Waals surface area contributed by atoms with Crippen molar-refractivity contribution in [3.05, 3.63) is 45.8 Å². The summed E-state index contributed by atoms with van der Waals surface area (Å²) >= 11 is 0. The molecule has 1 heterocycles.